The molecule has 0 spiro atoms. The van der Waals surface area contributed by atoms with E-state index in [1.54, 1.807) is 0 Å². The second-order valence-electron chi connectivity index (χ2n) is 27.0. The summed E-state index contributed by atoms with van der Waals surface area (Å²) in [6.07, 6.45) is -10.9. The highest BCUT2D eigenvalue weighted by Crippen LogP contribution is 2.56. The Morgan fingerprint density at radius 1 is 0.395 bits per heavy atom. The van der Waals surface area contributed by atoms with E-state index in [-0.39, 0.29) is 81.6 Å². The van der Waals surface area contributed by atoms with Crippen molar-refractivity contribution in [3.8, 4) is 0 Å². The van der Waals surface area contributed by atoms with E-state index in [9.17, 15) is 9.59 Å². The lowest BCUT2D eigenvalue weighted by atomic mass is 9.72. The van der Waals surface area contributed by atoms with E-state index in [0.717, 1.165) is 70.8 Å². The van der Waals surface area contributed by atoms with Crippen molar-refractivity contribution in [1.82, 2.24) is 21.3 Å². The van der Waals surface area contributed by atoms with Gasteiger partial charge in [-0.05, 0) is 101 Å². The molecular formula is C69H82F6N4O2. The summed E-state index contributed by atoms with van der Waals surface area (Å²) in [6, 6.07) is 42.0. The third-order valence-electron chi connectivity index (χ3n) is 16.8. The average Bonchev–Trinajstić information content (AvgIpc) is 4.20. The van der Waals surface area contributed by atoms with E-state index >= 15 is 26.3 Å². The lowest BCUT2D eigenvalue weighted by Gasteiger charge is -2.38. The molecular weight excluding hydrogens is 1030 g/mol. The van der Waals surface area contributed by atoms with Gasteiger partial charge in [0.25, 0.3) is 0 Å². The number of hydrogen-bond donors (Lipinski definition) is 4. The molecule has 6 nitrogen and oxygen atoms in total. The van der Waals surface area contributed by atoms with Gasteiger partial charge < -0.3 is 21.3 Å². The normalized spacial score (nSPS) is 18.6. The molecule has 6 aromatic rings. The maximum Gasteiger partial charge on any atom is 0.411 e. The van der Waals surface area contributed by atoms with Gasteiger partial charge in [-0.3, -0.25) is 9.59 Å². The first-order valence-electron chi connectivity index (χ1n) is 28.5. The van der Waals surface area contributed by atoms with Crippen LogP contribution < -0.4 is 21.3 Å². The van der Waals surface area contributed by atoms with Gasteiger partial charge in [-0.2, -0.15) is 26.3 Å². The maximum atomic E-state index is 15.3. The largest absolute Gasteiger partial charge is 0.411 e. The Labute approximate surface area is 476 Å². The molecule has 2 fully saturated rings. The van der Waals surface area contributed by atoms with E-state index in [1.165, 1.54) is 22.3 Å². The summed E-state index contributed by atoms with van der Waals surface area (Å²) in [4.78, 5) is 27.1. The van der Waals surface area contributed by atoms with Crippen molar-refractivity contribution >= 4 is 11.8 Å². The molecule has 4 atom stereocenters. The highest BCUT2D eigenvalue weighted by atomic mass is 19.4. The molecule has 6 aromatic carbocycles. The molecule has 0 saturated carbocycles. The Balaban J connectivity index is 0.925. The summed E-state index contributed by atoms with van der Waals surface area (Å²) in [7, 11) is 0. The van der Waals surface area contributed by atoms with Crippen LogP contribution in [0.4, 0.5) is 26.3 Å². The number of amides is 2. The minimum absolute atomic E-state index is 0.0223. The van der Waals surface area contributed by atoms with Crippen LogP contribution in [0.25, 0.3) is 0 Å². The highest BCUT2D eigenvalue weighted by molar-refractivity contribution is 5.79. The van der Waals surface area contributed by atoms with Crippen molar-refractivity contribution in [1.29, 1.82) is 0 Å². The Bertz CT molecular complexity index is 2760. The first kappa shape index (κ1) is 60.8. The second kappa shape index (κ2) is 23.2. The summed E-state index contributed by atoms with van der Waals surface area (Å²) in [5.74, 6) is -0.852. The van der Waals surface area contributed by atoms with Crippen LogP contribution in [0.3, 0.4) is 0 Å². The van der Waals surface area contributed by atoms with Crippen molar-refractivity contribution in [3.05, 3.63) is 212 Å². The molecule has 0 aromatic heterocycles. The van der Waals surface area contributed by atoms with Gasteiger partial charge in [-0.1, -0.05) is 229 Å². The molecule has 432 valence electrons. The van der Waals surface area contributed by atoms with Crippen LogP contribution in [0.2, 0.25) is 0 Å². The number of hydrogen-bond acceptors (Lipinski definition) is 4. The van der Waals surface area contributed by atoms with E-state index in [0.29, 0.717) is 25.9 Å². The molecule has 2 heterocycles. The number of rotatable bonds is 14. The van der Waals surface area contributed by atoms with Gasteiger partial charge >= 0.3 is 12.4 Å². The summed E-state index contributed by atoms with van der Waals surface area (Å²) in [5, 5.41) is 13.4. The number of nitrogens with one attached hydrogen (secondary N) is 4. The fraction of sp³-hybridized carbons (Fsp3) is 0.449. The number of alkyl halides is 6. The van der Waals surface area contributed by atoms with E-state index < -0.39 is 40.7 Å². The van der Waals surface area contributed by atoms with Gasteiger partial charge in [-0.25, -0.2) is 0 Å². The predicted octanol–water partition coefficient (Wildman–Crippen LogP) is 14.7. The van der Waals surface area contributed by atoms with E-state index in [4.69, 9.17) is 0 Å². The molecule has 2 aliphatic rings. The summed E-state index contributed by atoms with van der Waals surface area (Å²) < 4.78 is 92.0. The molecule has 2 saturated heterocycles. The molecule has 0 radical (unpaired) electrons. The minimum atomic E-state index is -5.82. The highest BCUT2D eigenvalue weighted by Gasteiger charge is 2.72. The third kappa shape index (κ3) is 13.8. The van der Waals surface area contributed by atoms with Gasteiger partial charge in [0, 0.05) is 49.1 Å². The van der Waals surface area contributed by atoms with Crippen molar-refractivity contribution in [2.24, 2.45) is 0 Å². The summed E-state index contributed by atoms with van der Waals surface area (Å²) >= 11 is 0. The Morgan fingerprint density at radius 3 is 0.852 bits per heavy atom. The molecule has 4 N–H and O–H groups in total. The summed E-state index contributed by atoms with van der Waals surface area (Å²) in [6.45, 7) is 27.1. The molecule has 12 heteroatoms. The van der Waals surface area contributed by atoms with Gasteiger partial charge in [0.05, 0.1) is 12.8 Å². The lowest BCUT2D eigenvalue weighted by Crippen LogP contribution is -2.54. The molecule has 0 bridgehead atoms. The lowest BCUT2D eigenvalue weighted by molar-refractivity contribution is -0.288. The monoisotopic (exact) mass is 1110 g/mol. The van der Waals surface area contributed by atoms with Gasteiger partial charge in [0.15, 0.2) is 0 Å². The van der Waals surface area contributed by atoms with Crippen molar-refractivity contribution in [2.75, 3.05) is 13.1 Å². The van der Waals surface area contributed by atoms with Gasteiger partial charge in [0.1, 0.15) is 0 Å². The fourth-order valence-electron chi connectivity index (χ4n) is 12.0. The SMILES string of the molecule is CC(C)(C)c1ccc(C(c2ccc(C(C)(C)C)cc2)[C@H]2C[C@@H](NC(=O)Cc3ccc(C(c4ccc(CC(=O)N[C@H]5CN[C@@H](C(c6ccc(C(C)(C)C)cc6)c6ccc(C(C)(C)C)cc6)C5)cc4)(C(F)(F)F)C(F)(F)F)cc3)CN2)cc1. The van der Waals surface area contributed by atoms with Crippen LogP contribution >= 0.6 is 0 Å². The molecule has 2 amide bonds. The second-order valence-corrected chi connectivity index (χ2v) is 27.0. The average molecular weight is 1110 g/mol. The zero-order valence-electron chi connectivity index (χ0n) is 49.1. The molecule has 0 aliphatic carbocycles. The standard InChI is InChI=1S/C69H82F6N4O2/c1-63(2,3)49-29-17-45(18-30-49)61(46-19-31-50(32-20-46)64(4,5)6)57-39-55(41-76-57)78-59(80)37-43-13-25-53(26-14-43)67(68(70,71)72,69(73,74)75)54-27-15-44(16-28-54)38-60(81)79-56-40-58(77-42-56)62(47-21-33-51(34-22-47)65(7,8)9)48-23-35-52(36-24-48)66(10,11)12/h13-36,55-58,61-62,76-77H,37-42H2,1-12H3,(H,78,80)(H,79,81)/t55-,56-,57-,58-/m1/s1. The molecule has 0 unspecified atom stereocenters. The fourth-order valence-corrected chi connectivity index (χ4v) is 12.0. The Kier molecular flexibility index (Phi) is 17.4. The van der Waals surface area contributed by atoms with Gasteiger partial charge in [0.2, 0.25) is 17.2 Å². The van der Waals surface area contributed by atoms with Crippen LogP contribution in [-0.2, 0) is 49.5 Å². The van der Waals surface area contributed by atoms with Crippen molar-refractivity contribution < 1.29 is 35.9 Å². The zero-order valence-corrected chi connectivity index (χ0v) is 49.1. The number of carbonyl (C=O) groups is 2. The Hall–Kier alpha value is -6.24. The van der Waals surface area contributed by atoms with Crippen molar-refractivity contribution in [3.63, 3.8) is 0 Å². The van der Waals surface area contributed by atoms with Crippen LogP contribution in [0.5, 0.6) is 0 Å². The zero-order chi connectivity index (χ0) is 59.1. The number of benzene rings is 6. The third-order valence-corrected chi connectivity index (χ3v) is 16.8. The quantitative estimate of drug-likeness (QED) is 0.0819. The summed E-state index contributed by atoms with van der Waals surface area (Å²) in [5.41, 5.74) is 3.38. The molecule has 2 aliphatic heterocycles. The van der Waals surface area contributed by atoms with E-state index in [1.807, 2.05) is 0 Å². The first-order valence-corrected chi connectivity index (χ1v) is 28.5. The minimum Gasteiger partial charge on any atom is -0.352 e. The first-order chi connectivity index (χ1) is 37.7. The van der Waals surface area contributed by atoms with E-state index in [2.05, 4.69) is 201 Å². The molecule has 8 rings (SSSR count). The van der Waals surface area contributed by atoms with Crippen LogP contribution in [0.1, 0.15) is 175 Å². The van der Waals surface area contributed by atoms with Crippen molar-refractivity contribution in [2.45, 2.75) is 184 Å². The molecule has 81 heavy (non-hydrogen) atoms. The van der Waals surface area contributed by atoms with Crippen LogP contribution in [0.15, 0.2) is 146 Å². The number of halogens is 6. The maximum absolute atomic E-state index is 15.3. The predicted molar refractivity (Wildman–Crippen MR) is 314 cm³/mol. The van der Waals surface area contributed by atoms with Gasteiger partial charge in [-0.15, -0.1) is 0 Å². The Morgan fingerprint density at radius 2 is 0.630 bits per heavy atom. The van der Waals surface area contributed by atoms with Crippen LogP contribution in [0, 0.1) is 0 Å². The smallest absolute Gasteiger partial charge is 0.352 e. The number of carbonyl (C=O) groups excluding carboxylic acids is 2. The topological polar surface area (TPSA) is 82.3 Å². The van der Waals surface area contributed by atoms with Crippen LogP contribution in [-0.4, -0.2) is 61.4 Å².